The number of unbranched alkanes of at least 4 members (excludes halogenated alkanes) is 3. The van der Waals surface area contributed by atoms with Gasteiger partial charge < -0.3 is 19.9 Å². The van der Waals surface area contributed by atoms with Gasteiger partial charge in [0.15, 0.2) is 0 Å². The van der Waals surface area contributed by atoms with Crippen LogP contribution in [0.1, 0.15) is 49.3 Å². The van der Waals surface area contributed by atoms with Crippen LogP contribution in [0.4, 0.5) is 4.79 Å². The molecule has 3 aromatic rings. The summed E-state index contributed by atoms with van der Waals surface area (Å²) in [6.07, 6.45) is 2.82. The van der Waals surface area contributed by atoms with Crippen molar-refractivity contribution in [2.75, 3.05) is 26.8 Å². The summed E-state index contributed by atoms with van der Waals surface area (Å²) < 4.78 is 11.0. The zero-order valence-electron chi connectivity index (χ0n) is 21.3. The van der Waals surface area contributed by atoms with Crippen molar-refractivity contribution in [2.45, 2.75) is 44.2 Å². The number of carbonyl (C=O) groups is 1. The van der Waals surface area contributed by atoms with Crippen molar-refractivity contribution in [3.63, 3.8) is 0 Å². The summed E-state index contributed by atoms with van der Waals surface area (Å²) in [7, 11) is 1.66. The molecule has 3 aromatic carbocycles. The second-order valence-electron chi connectivity index (χ2n) is 8.87. The molecule has 6 nitrogen and oxygen atoms in total. The van der Waals surface area contributed by atoms with E-state index in [1.807, 2.05) is 55.5 Å². The molecule has 0 aliphatic heterocycles. The number of rotatable bonds is 14. The molecular weight excluding hydrogens is 452 g/mol. The third-order valence-electron chi connectivity index (χ3n) is 6.25. The second-order valence-corrected chi connectivity index (χ2v) is 8.87. The average molecular weight is 491 g/mol. The number of nitrogens with one attached hydrogen (secondary N) is 2. The molecule has 0 aromatic heterocycles. The first-order valence-corrected chi connectivity index (χ1v) is 12.7. The Morgan fingerprint density at radius 3 is 1.94 bits per heavy atom. The van der Waals surface area contributed by atoms with E-state index in [2.05, 4.69) is 47.0 Å². The first kappa shape index (κ1) is 27.2. The van der Waals surface area contributed by atoms with Crippen molar-refractivity contribution in [1.29, 1.82) is 0 Å². The van der Waals surface area contributed by atoms with E-state index >= 15 is 0 Å². The number of aliphatic hydroxyl groups is 1. The second kappa shape index (κ2) is 14.3. The van der Waals surface area contributed by atoms with E-state index in [1.165, 1.54) is 0 Å². The molecule has 0 saturated heterocycles. The lowest BCUT2D eigenvalue weighted by atomic mass is 9.77. The molecule has 1 atom stereocenters. The van der Waals surface area contributed by atoms with Crippen molar-refractivity contribution < 1.29 is 19.4 Å². The van der Waals surface area contributed by atoms with Gasteiger partial charge in [-0.15, -0.1) is 0 Å². The molecule has 3 N–H and O–H groups in total. The summed E-state index contributed by atoms with van der Waals surface area (Å²) in [4.78, 5) is 12.3. The summed E-state index contributed by atoms with van der Waals surface area (Å²) in [5.41, 5.74) is 2.57. The normalized spacial score (nSPS) is 12.1. The van der Waals surface area contributed by atoms with Crippen LogP contribution in [-0.2, 0) is 10.3 Å². The maximum absolute atomic E-state index is 12.3. The molecule has 0 saturated carbocycles. The highest BCUT2D eigenvalue weighted by Gasteiger charge is 2.36. The number of hydrogen-bond acceptors (Lipinski definition) is 5. The Bertz CT molecular complexity index is 986. The number of amides is 1. The fourth-order valence-corrected chi connectivity index (χ4v) is 4.37. The van der Waals surface area contributed by atoms with E-state index in [9.17, 15) is 4.79 Å². The van der Waals surface area contributed by atoms with Crippen LogP contribution < -0.4 is 15.4 Å². The molecule has 1 amide bonds. The predicted octanol–water partition coefficient (Wildman–Crippen LogP) is 5.24. The summed E-state index contributed by atoms with van der Waals surface area (Å²) in [6, 6.07) is 28.7. The van der Waals surface area contributed by atoms with Crippen LogP contribution in [0.3, 0.4) is 0 Å². The predicted molar refractivity (Wildman–Crippen MR) is 143 cm³/mol. The van der Waals surface area contributed by atoms with Gasteiger partial charge in [0, 0.05) is 19.7 Å². The number of benzene rings is 3. The van der Waals surface area contributed by atoms with Gasteiger partial charge >= 0.3 is 6.09 Å². The molecule has 0 aliphatic carbocycles. The monoisotopic (exact) mass is 490 g/mol. The van der Waals surface area contributed by atoms with E-state index in [4.69, 9.17) is 14.6 Å². The number of methoxy groups -OCH3 is 1. The Balaban J connectivity index is 1.79. The minimum absolute atomic E-state index is 0.212. The first-order chi connectivity index (χ1) is 17.6. The molecule has 0 radical (unpaired) electrons. The van der Waals surface area contributed by atoms with Crippen LogP contribution in [0.25, 0.3) is 0 Å². The van der Waals surface area contributed by atoms with Gasteiger partial charge in [0.1, 0.15) is 11.9 Å². The lowest BCUT2D eigenvalue weighted by molar-refractivity contribution is 0.103. The summed E-state index contributed by atoms with van der Waals surface area (Å²) >= 11 is 0. The number of carbonyl (C=O) groups excluding carboxylic acids is 1. The molecule has 36 heavy (non-hydrogen) atoms. The third-order valence-corrected chi connectivity index (χ3v) is 6.25. The number of hydrogen-bond donors (Lipinski definition) is 3. The van der Waals surface area contributed by atoms with E-state index in [0.29, 0.717) is 13.1 Å². The SMILES string of the molecule is COc1ccc(C(NC[C@H](C)OC(=O)NCCCCCCO)(c2ccccc2)c2ccccc2)cc1. The van der Waals surface area contributed by atoms with E-state index < -0.39 is 11.6 Å². The highest BCUT2D eigenvalue weighted by Crippen LogP contribution is 2.37. The zero-order chi connectivity index (χ0) is 25.6. The Morgan fingerprint density at radius 1 is 0.833 bits per heavy atom. The molecule has 0 unspecified atom stereocenters. The van der Waals surface area contributed by atoms with Crippen LogP contribution in [0.2, 0.25) is 0 Å². The fraction of sp³-hybridized carbons (Fsp3) is 0.367. The van der Waals surface area contributed by atoms with Gasteiger partial charge in [0.2, 0.25) is 0 Å². The van der Waals surface area contributed by atoms with Gasteiger partial charge in [0.25, 0.3) is 0 Å². The number of aliphatic hydroxyl groups excluding tert-OH is 1. The third kappa shape index (κ3) is 7.33. The molecule has 192 valence electrons. The molecule has 0 bridgehead atoms. The van der Waals surface area contributed by atoms with Crippen LogP contribution in [0, 0.1) is 0 Å². The molecular formula is C30H38N2O4. The van der Waals surface area contributed by atoms with Gasteiger partial charge in [-0.3, -0.25) is 5.32 Å². The molecule has 6 heteroatoms. The highest BCUT2D eigenvalue weighted by atomic mass is 16.6. The lowest BCUT2D eigenvalue weighted by Gasteiger charge is -2.38. The lowest BCUT2D eigenvalue weighted by Crippen LogP contribution is -2.48. The topological polar surface area (TPSA) is 79.8 Å². The number of ether oxygens (including phenoxy) is 2. The van der Waals surface area contributed by atoms with E-state index in [1.54, 1.807) is 7.11 Å². The standard InChI is InChI=1S/C30H38N2O4/c1-24(36-29(34)31-21-11-3-4-12-22-33)23-32-30(25-13-7-5-8-14-25,26-15-9-6-10-16-26)27-17-19-28(35-2)20-18-27/h5-10,13-20,24,32-33H,3-4,11-12,21-23H2,1-2H3,(H,31,34)/t24-/m0/s1. The highest BCUT2D eigenvalue weighted by molar-refractivity contribution is 5.67. The maximum atomic E-state index is 12.3. The summed E-state index contributed by atoms with van der Waals surface area (Å²) in [5.74, 6) is 0.790. The van der Waals surface area contributed by atoms with E-state index in [-0.39, 0.29) is 12.7 Å². The van der Waals surface area contributed by atoms with Crippen LogP contribution >= 0.6 is 0 Å². The van der Waals surface area contributed by atoms with Gasteiger partial charge in [0.05, 0.1) is 12.6 Å². The van der Waals surface area contributed by atoms with Crippen LogP contribution in [0.5, 0.6) is 5.75 Å². The van der Waals surface area contributed by atoms with Gasteiger partial charge in [-0.05, 0) is 48.6 Å². The summed E-state index contributed by atoms with van der Waals surface area (Å²) in [6.45, 7) is 3.11. The maximum Gasteiger partial charge on any atom is 0.407 e. The van der Waals surface area contributed by atoms with Gasteiger partial charge in [-0.25, -0.2) is 4.79 Å². The fourth-order valence-electron chi connectivity index (χ4n) is 4.37. The quantitative estimate of drug-likeness (QED) is 0.213. The molecule has 0 heterocycles. The molecule has 0 fully saturated rings. The van der Waals surface area contributed by atoms with E-state index in [0.717, 1.165) is 48.1 Å². The molecule has 3 rings (SSSR count). The Hall–Kier alpha value is -3.35. The zero-order valence-corrected chi connectivity index (χ0v) is 21.3. The largest absolute Gasteiger partial charge is 0.497 e. The smallest absolute Gasteiger partial charge is 0.407 e. The van der Waals surface area contributed by atoms with Crippen molar-refractivity contribution in [1.82, 2.24) is 10.6 Å². The Labute approximate surface area is 214 Å². The van der Waals surface area contributed by atoms with Gasteiger partial charge in [-0.2, -0.15) is 0 Å². The Morgan fingerprint density at radius 2 is 1.39 bits per heavy atom. The average Bonchev–Trinajstić information content (AvgIpc) is 2.92. The first-order valence-electron chi connectivity index (χ1n) is 12.7. The van der Waals surface area contributed by atoms with Crippen LogP contribution in [-0.4, -0.2) is 44.1 Å². The van der Waals surface area contributed by atoms with Crippen molar-refractivity contribution >= 4 is 6.09 Å². The minimum atomic E-state index is -0.657. The Kier molecular flexibility index (Phi) is 10.8. The number of alkyl carbamates (subject to hydrolysis) is 1. The van der Waals surface area contributed by atoms with Crippen molar-refractivity contribution in [2.24, 2.45) is 0 Å². The van der Waals surface area contributed by atoms with Crippen molar-refractivity contribution in [3.8, 4) is 5.75 Å². The van der Waals surface area contributed by atoms with Gasteiger partial charge in [-0.1, -0.05) is 85.6 Å². The molecule has 0 spiro atoms. The summed E-state index contributed by atoms with van der Waals surface area (Å²) in [5, 5.41) is 15.4. The van der Waals surface area contributed by atoms with Crippen molar-refractivity contribution in [3.05, 3.63) is 102 Å². The molecule has 0 aliphatic rings. The van der Waals surface area contributed by atoms with Crippen LogP contribution in [0.15, 0.2) is 84.9 Å². The minimum Gasteiger partial charge on any atom is -0.497 e.